The standard InChI is InChI=1S/C21H25N3O3/c1-4-24(5-2)17-10-8-16(9-11-17)22-21(25)20-14-19(23-27-20)15-6-12-18(26-3)13-7-15/h6-13,20H,4-5,14H2,1-3H3,(H,22,25)/t20-/m0/s1. The second kappa shape index (κ2) is 8.58. The van der Waals surface area contributed by atoms with E-state index in [1.54, 1.807) is 7.11 Å². The topological polar surface area (TPSA) is 63.2 Å². The minimum Gasteiger partial charge on any atom is -0.497 e. The molecule has 2 aromatic carbocycles. The van der Waals surface area contributed by atoms with E-state index < -0.39 is 6.10 Å². The fourth-order valence-corrected chi connectivity index (χ4v) is 3.04. The average Bonchev–Trinajstić information content (AvgIpc) is 3.21. The maximum Gasteiger partial charge on any atom is 0.268 e. The van der Waals surface area contributed by atoms with Crippen LogP contribution in [-0.4, -0.2) is 37.9 Å². The molecule has 0 saturated heterocycles. The zero-order valence-electron chi connectivity index (χ0n) is 15.9. The molecule has 1 heterocycles. The lowest BCUT2D eigenvalue weighted by Gasteiger charge is -2.21. The van der Waals surface area contributed by atoms with E-state index >= 15 is 0 Å². The highest BCUT2D eigenvalue weighted by atomic mass is 16.6. The van der Waals surface area contributed by atoms with Crippen LogP contribution in [0.3, 0.4) is 0 Å². The highest BCUT2D eigenvalue weighted by Crippen LogP contribution is 2.22. The second-order valence-corrected chi connectivity index (χ2v) is 6.27. The highest BCUT2D eigenvalue weighted by molar-refractivity contribution is 6.06. The first kappa shape index (κ1) is 18.8. The number of benzene rings is 2. The van der Waals surface area contributed by atoms with Crippen LogP contribution in [0.25, 0.3) is 0 Å². The van der Waals surface area contributed by atoms with Crippen LogP contribution in [0.1, 0.15) is 25.8 Å². The SMILES string of the molecule is CCN(CC)c1ccc(NC(=O)[C@@H]2CC(c3ccc(OC)cc3)=NO2)cc1. The maximum atomic E-state index is 12.5. The molecular weight excluding hydrogens is 342 g/mol. The Balaban J connectivity index is 1.58. The molecule has 1 atom stereocenters. The molecule has 27 heavy (non-hydrogen) atoms. The van der Waals surface area contributed by atoms with Gasteiger partial charge in [-0.3, -0.25) is 4.79 Å². The minimum absolute atomic E-state index is 0.196. The van der Waals surface area contributed by atoms with Crippen molar-refractivity contribution in [2.45, 2.75) is 26.4 Å². The minimum atomic E-state index is -0.621. The van der Waals surface area contributed by atoms with Gasteiger partial charge in [0.15, 0.2) is 0 Å². The Kier molecular flexibility index (Phi) is 5.96. The van der Waals surface area contributed by atoms with Crippen LogP contribution in [0.5, 0.6) is 5.75 Å². The summed E-state index contributed by atoms with van der Waals surface area (Å²) >= 11 is 0. The highest BCUT2D eigenvalue weighted by Gasteiger charge is 2.29. The molecule has 0 spiro atoms. The van der Waals surface area contributed by atoms with Gasteiger partial charge in [-0.2, -0.15) is 0 Å². The summed E-state index contributed by atoms with van der Waals surface area (Å²) in [6, 6.07) is 15.4. The van der Waals surface area contributed by atoms with E-state index in [2.05, 4.69) is 29.2 Å². The molecule has 0 radical (unpaired) electrons. The summed E-state index contributed by atoms with van der Waals surface area (Å²) in [5.41, 5.74) is 3.57. The molecule has 0 fully saturated rings. The molecule has 1 N–H and O–H groups in total. The van der Waals surface area contributed by atoms with Gasteiger partial charge in [-0.05, 0) is 67.9 Å². The van der Waals surface area contributed by atoms with Crippen molar-refractivity contribution in [1.82, 2.24) is 0 Å². The summed E-state index contributed by atoms with van der Waals surface area (Å²) in [6.45, 7) is 6.14. The molecule has 1 aliphatic rings. The molecule has 142 valence electrons. The maximum absolute atomic E-state index is 12.5. The van der Waals surface area contributed by atoms with E-state index in [1.165, 1.54) is 0 Å². The smallest absolute Gasteiger partial charge is 0.268 e. The van der Waals surface area contributed by atoms with Crippen LogP contribution in [0.15, 0.2) is 53.7 Å². The number of nitrogens with one attached hydrogen (secondary N) is 1. The van der Waals surface area contributed by atoms with Crippen LogP contribution >= 0.6 is 0 Å². The van der Waals surface area contributed by atoms with Crippen LogP contribution < -0.4 is 15.0 Å². The Morgan fingerprint density at radius 3 is 2.41 bits per heavy atom. The first-order valence-electron chi connectivity index (χ1n) is 9.17. The van der Waals surface area contributed by atoms with Gasteiger partial charge in [0.05, 0.1) is 12.8 Å². The summed E-state index contributed by atoms with van der Waals surface area (Å²) in [4.78, 5) is 20.1. The summed E-state index contributed by atoms with van der Waals surface area (Å²) in [5, 5.41) is 6.97. The van der Waals surface area contributed by atoms with Gasteiger partial charge in [0.2, 0.25) is 6.10 Å². The molecule has 3 rings (SSSR count). The fraction of sp³-hybridized carbons (Fsp3) is 0.333. The number of ether oxygens (including phenoxy) is 1. The molecule has 6 nitrogen and oxygen atoms in total. The van der Waals surface area contributed by atoms with Crippen molar-refractivity contribution < 1.29 is 14.4 Å². The molecule has 1 aliphatic heterocycles. The number of hydrogen-bond acceptors (Lipinski definition) is 5. The van der Waals surface area contributed by atoms with Crippen molar-refractivity contribution in [2.75, 3.05) is 30.4 Å². The summed E-state index contributed by atoms with van der Waals surface area (Å²) in [7, 11) is 1.63. The third-order valence-corrected chi connectivity index (χ3v) is 4.65. The molecule has 0 aromatic heterocycles. The van der Waals surface area contributed by atoms with E-state index in [-0.39, 0.29) is 5.91 Å². The Bertz CT molecular complexity index is 796. The van der Waals surface area contributed by atoms with Gasteiger partial charge in [0.25, 0.3) is 5.91 Å². The normalized spacial score (nSPS) is 15.7. The summed E-state index contributed by atoms with van der Waals surface area (Å²) in [5.74, 6) is 0.582. The van der Waals surface area contributed by atoms with Gasteiger partial charge < -0.3 is 19.8 Å². The predicted molar refractivity (Wildman–Crippen MR) is 108 cm³/mol. The molecule has 0 unspecified atom stereocenters. The number of anilines is 2. The predicted octanol–water partition coefficient (Wildman–Crippen LogP) is 3.67. The van der Waals surface area contributed by atoms with Gasteiger partial charge in [-0.25, -0.2) is 0 Å². The number of hydrogen-bond donors (Lipinski definition) is 1. The van der Waals surface area contributed by atoms with Crippen LogP contribution in [0.2, 0.25) is 0 Å². The Labute approximate surface area is 159 Å². The van der Waals surface area contributed by atoms with Crippen LogP contribution in [0.4, 0.5) is 11.4 Å². The van der Waals surface area contributed by atoms with Crippen molar-refractivity contribution >= 4 is 23.0 Å². The van der Waals surface area contributed by atoms with E-state index in [1.807, 2.05) is 48.5 Å². The van der Waals surface area contributed by atoms with Crippen molar-refractivity contribution in [3.63, 3.8) is 0 Å². The van der Waals surface area contributed by atoms with Crippen molar-refractivity contribution in [3.05, 3.63) is 54.1 Å². The molecule has 1 amide bonds. The third-order valence-electron chi connectivity index (χ3n) is 4.65. The van der Waals surface area contributed by atoms with Crippen molar-refractivity contribution in [3.8, 4) is 5.75 Å². The number of carbonyl (C=O) groups excluding carboxylic acids is 1. The molecule has 0 aliphatic carbocycles. The van der Waals surface area contributed by atoms with E-state index in [0.29, 0.717) is 6.42 Å². The molecule has 2 aromatic rings. The molecule has 0 bridgehead atoms. The van der Waals surface area contributed by atoms with Gasteiger partial charge in [-0.15, -0.1) is 0 Å². The van der Waals surface area contributed by atoms with Crippen LogP contribution in [-0.2, 0) is 9.63 Å². The number of amides is 1. The van der Waals surface area contributed by atoms with E-state index in [9.17, 15) is 4.79 Å². The number of methoxy groups -OCH3 is 1. The van der Waals surface area contributed by atoms with Gasteiger partial charge in [0.1, 0.15) is 5.75 Å². The van der Waals surface area contributed by atoms with Gasteiger partial charge in [-0.1, -0.05) is 5.16 Å². The third kappa shape index (κ3) is 4.39. The number of oxime groups is 1. The van der Waals surface area contributed by atoms with Crippen molar-refractivity contribution in [1.29, 1.82) is 0 Å². The Morgan fingerprint density at radius 1 is 1.15 bits per heavy atom. The number of nitrogens with zero attached hydrogens (tertiary/aromatic N) is 2. The lowest BCUT2D eigenvalue weighted by molar-refractivity contribution is -0.125. The number of carbonyl (C=O) groups is 1. The first-order valence-corrected chi connectivity index (χ1v) is 9.17. The van der Waals surface area contributed by atoms with Crippen molar-refractivity contribution in [2.24, 2.45) is 5.16 Å². The lowest BCUT2D eigenvalue weighted by atomic mass is 10.0. The largest absolute Gasteiger partial charge is 0.497 e. The first-order chi connectivity index (χ1) is 13.1. The van der Waals surface area contributed by atoms with Gasteiger partial charge in [0, 0.05) is 30.9 Å². The van der Waals surface area contributed by atoms with E-state index in [0.717, 1.165) is 41.5 Å². The monoisotopic (exact) mass is 367 g/mol. The quantitative estimate of drug-likeness (QED) is 0.811. The number of rotatable bonds is 7. The molecule has 0 saturated carbocycles. The Hall–Kier alpha value is -3.02. The summed E-state index contributed by atoms with van der Waals surface area (Å²) < 4.78 is 5.16. The molecule has 6 heteroatoms. The lowest BCUT2D eigenvalue weighted by Crippen LogP contribution is -2.28. The van der Waals surface area contributed by atoms with E-state index in [4.69, 9.17) is 9.57 Å². The Morgan fingerprint density at radius 2 is 1.81 bits per heavy atom. The summed E-state index contributed by atoms with van der Waals surface area (Å²) in [6.07, 6.45) is -0.181. The molecular formula is C21H25N3O3. The second-order valence-electron chi connectivity index (χ2n) is 6.27. The zero-order valence-corrected chi connectivity index (χ0v) is 15.9. The fourth-order valence-electron chi connectivity index (χ4n) is 3.04. The van der Waals surface area contributed by atoms with Crippen LogP contribution in [0, 0.1) is 0 Å². The zero-order chi connectivity index (χ0) is 19.2. The average molecular weight is 367 g/mol. The van der Waals surface area contributed by atoms with Gasteiger partial charge >= 0.3 is 0 Å².